The first-order valence-corrected chi connectivity index (χ1v) is 6.66. The highest BCUT2D eigenvalue weighted by atomic mass is 16.3. The quantitative estimate of drug-likeness (QED) is 0.782. The Hall–Kier alpha value is -0.930. The molecule has 1 heterocycles. The maximum absolute atomic E-state index is 9.97. The van der Waals surface area contributed by atoms with E-state index >= 15 is 0 Å². The van der Waals surface area contributed by atoms with E-state index in [1.807, 2.05) is 12.3 Å². The second-order valence-electron chi connectivity index (χ2n) is 4.88. The lowest BCUT2D eigenvalue weighted by Gasteiger charge is -2.21. The largest absolute Gasteiger partial charge is 0.392 e. The lowest BCUT2D eigenvalue weighted by atomic mass is 10.1. The summed E-state index contributed by atoms with van der Waals surface area (Å²) < 4.78 is 0. The minimum Gasteiger partial charge on any atom is -0.392 e. The van der Waals surface area contributed by atoms with E-state index in [-0.39, 0.29) is 12.1 Å². The van der Waals surface area contributed by atoms with Crippen LogP contribution in [0.15, 0.2) is 24.5 Å². The van der Waals surface area contributed by atoms with Crippen LogP contribution in [0.4, 0.5) is 0 Å². The van der Waals surface area contributed by atoms with Crippen LogP contribution in [-0.4, -0.2) is 28.8 Å². The van der Waals surface area contributed by atoms with Crippen LogP contribution < -0.4 is 5.32 Å². The monoisotopic (exact) mass is 234 g/mol. The summed E-state index contributed by atoms with van der Waals surface area (Å²) in [5.41, 5.74) is 1.25. The molecule has 0 spiro atoms. The van der Waals surface area contributed by atoms with E-state index in [4.69, 9.17) is 0 Å². The number of aromatic nitrogens is 1. The van der Waals surface area contributed by atoms with E-state index in [0.29, 0.717) is 0 Å². The van der Waals surface area contributed by atoms with Gasteiger partial charge in [0.2, 0.25) is 0 Å². The number of aliphatic hydroxyl groups excluding tert-OH is 1. The number of pyridine rings is 1. The number of rotatable bonds is 4. The van der Waals surface area contributed by atoms with Gasteiger partial charge in [0.15, 0.2) is 0 Å². The standard InChI is InChI=1S/C14H22N2O/c17-14-7-3-1-2-6-13(14)16-10-8-12-5-4-9-15-11-12/h4-5,9,11,13-14,16-17H,1-3,6-8,10H2. The van der Waals surface area contributed by atoms with E-state index in [0.717, 1.165) is 25.8 Å². The molecule has 3 nitrogen and oxygen atoms in total. The van der Waals surface area contributed by atoms with Gasteiger partial charge in [0.05, 0.1) is 6.10 Å². The molecule has 94 valence electrons. The third kappa shape index (κ3) is 4.10. The Balaban J connectivity index is 1.73. The Morgan fingerprint density at radius 3 is 3.00 bits per heavy atom. The van der Waals surface area contributed by atoms with Gasteiger partial charge in [-0.05, 0) is 37.4 Å². The van der Waals surface area contributed by atoms with Crippen LogP contribution in [-0.2, 0) is 6.42 Å². The van der Waals surface area contributed by atoms with Crippen molar-refractivity contribution in [2.24, 2.45) is 0 Å². The van der Waals surface area contributed by atoms with Gasteiger partial charge in [-0.1, -0.05) is 25.3 Å². The maximum Gasteiger partial charge on any atom is 0.0693 e. The molecule has 2 unspecified atom stereocenters. The Labute approximate surface area is 103 Å². The van der Waals surface area contributed by atoms with Crippen molar-refractivity contribution in [1.82, 2.24) is 10.3 Å². The molecule has 1 aromatic heterocycles. The topological polar surface area (TPSA) is 45.1 Å². The van der Waals surface area contributed by atoms with Crippen LogP contribution >= 0.6 is 0 Å². The smallest absolute Gasteiger partial charge is 0.0693 e. The Morgan fingerprint density at radius 2 is 2.18 bits per heavy atom. The highest BCUT2D eigenvalue weighted by Crippen LogP contribution is 2.17. The van der Waals surface area contributed by atoms with Gasteiger partial charge in [-0.2, -0.15) is 0 Å². The number of hydrogen-bond acceptors (Lipinski definition) is 3. The van der Waals surface area contributed by atoms with Crippen molar-refractivity contribution in [3.63, 3.8) is 0 Å². The van der Waals surface area contributed by atoms with Crippen molar-refractivity contribution in [2.45, 2.75) is 50.7 Å². The molecular weight excluding hydrogens is 212 g/mol. The van der Waals surface area contributed by atoms with Crippen molar-refractivity contribution in [3.05, 3.63) is 30.1 Å². The normalized spacial score (nSPS) is 25.5. The third-order valence-electron chi connectivity index (χ3n) is 3.52. The van der Waals surface area contributed by atoms with Gasteiger partial charge in [-0.25, -0.2) is 0 Å². The van der Waals surface area contributed by atoms with Gasteiger partial charge in [0, 0.05) is 18.4 Å². The Morgan fingerprint density at radius 1 is 1.29 bits per heavy atom. The predicted molar refractivity (Wildman–Crippen MR) is 68.8 cm³/mol. The SMILES string of the molecule is OC1CCCCCC1NCCc1cccnc1. The third-order valence-corrected chi connectivity index (χ3v) is 3.52. The molecule has 2 rings (SSSR count). The molecule has 0 aliphatic heterocycles. The molecule has 1 saturated carbocycles. The lowest BCUT2D eigenvalue weighted by Crippen LogP contribution is -2.40. The van der Waals surface area contributed by atoms with Crippen molar-refractivity contribution in [2.75, 3.05) is 6.54 Å². The number of nitrogens with one attached hydrogen (secondary N) is 1. The summed E-state index contributed by atoms with van der Waals surface area (Å²) in [6, 6.07) is 4.35. The number of aliphatic hydroxyl groups is 1. The molecule has 0 bridgehead atoms. The van der Waals surface area contributed by atoms with Gasteiger partial charge in [-0.15, -0.1) is 0 Å². The fourth-order valence-electron chi connectivity index (χ4n) is 2.47. The molecule has 1 aromatic rings. The van der Waals surface area contributed by atoms with E-state index in [2.05, 4.69) is 16.4 Å². The van der Waals surface area contributed by atoms with Crippen LogP contribution in [0.2, 0.25) is 0 Å². The van der Waals surface area contributed by atoms with Gasteiger partial charge < -0.3 is 10.4 Å². The highest BCUT2D eigenvalue weighted by molar-refractivity contribution is 5.08. The molecule has 0 saturated heterocycles. The van der Waals surface area contributed by atoms with Crippen LogP contribution in [0.1, 0.15) is 37.7 Å². The Bertz CT molecular complexity index is 315. The average Bonchev–Trinajstić information content (AvgIpc) is 2.56. The molecule has 1 aliphatic rings. The zero-order valence-corrected chi connectivity index (χ0v) is 10.3. The maximum atomic E-state index is 9.97. The molecule has 1 fully saturated rings. The van der Waals surface area contributed by atoms with E-state index in [9.17, 15) is 5.11 Å². The highest BCUT2D eigenvalue weighted by Gasteiger charge is 2.20. The van der Waals surface area contributed by atoms with Gasteiger partial charge in [0.1, 0.15) is 0 Å². The van der Waals surface area contributed by atoms with Gasteiger partial charge >= 0.3 is 0 Å². The first-order valence-electron chi connectivity index (χ1n) is 6.66. The fraction of sp³-hybridized carbons (Fsp3) is 0.643. The first kappa shape index (κ1) is 12.5. The zero-order chi connectivity index (χ0) is 11.9. The molecule has 0 radical (unpaired) electrons. The molecule has 2 atom stereocenters. The second-order valence-corrected chi connectivity index (χ2v) is 4.88. The minimum absolute atomic E-state index is 0.161. The van der Waals surface area contributed by atoms with Crippen LogP contribution in [0.3, 0.4) is 0 Å². The van der Waals surface area contributed by atoms with Gasteiger partial charge in [0.25, 0.3) is 0 Å². The zero-order valence-electron chi connectivity index (χ0n) is 10.3. The first-order chi connectivity index (χ1) is 8.36. The summed E-state index contributed by atoms with van der Waals surface area (Å²) in [7, 11) is 0. The van der Waals surface area contributed by atoms with Crippen molar-refractivity contribution >= 4 is 0 Å². The van der Waals surface area contributed by atoms with Crippen LogP contribution in [0, 0.1) is 0 Å². The van der Waals surface area contributed by atoms with Crippen molar-refractivity contribution < 1.29 is 5.11 Å². The predicted octanol–water partition coefficient (Wildman–Crippen LogP) is 1.91. The van der Waals surface area contributed by atoms with E-state index < -0.39 is 0 Å². The number of hydrogen-bond donors (Lipinski definition) is 2. The fourth-order valence-corrected chi connectivity index (χ4v) is 2.47. The summed E-state index contributed by atoms with van der Waals surface area (Å²) >= 11 is 0. The summed E-state index contributed by atoms with van der Waals surface area (Å²) in [4.78, 5) is 4.10. The molecule has 0 aromatic carbocycles. The summed E-state index contributed by atoms with van der Waals surface area (Å²) in [6.45, 7) is 0.924. The molecule has 17 heavy (non-hydrogen) atoms. The second kappa shape index (κ2) is 6.72. The lowest BCUT2D eigenvalue weighted by molar-refractivity contribution is 0.120. The van der Waals surface area contributed by atoms with Crippen molar-refractivity contribution in [1.29, 1.82) is 0 Å². The summed E-state index contributed by atoms with van der Waals surface area (Å²) in [5, 5.41) is 13.5. The summed E-state index contributed by atoms with van der Waals surface area (Å²) in [5.74, 6) is 0. The minimum atomic E-state index is -0.161. The number of nitrogens with zero attached hydrogens (tertiary/aromatic N) is 1. The van der Waals surface area contributed by atoms with Crippen LogP contribution in [0.5, 0.6) is 0 Å². The average molecular weight is 234 g/mol. The molecule has 0 amide bonds. The van der Waals surface area contributed by atoms with Crippen LogP contribution in [0.25, 0.3) is 0 Å². The summed E-state index contributed by atoms with van der Waals surface area (Å²) in [6.07, 6.45) is 10.3. The van der Waals surface area contributed by atoms with Crippen molar-refractivity contribution in [3.8, 4) is 0 Å². The molecule has 1 aliphatic carbocycles. The molecular formula is C14H22N2O. The van der Waals surface area contributed by atoms with Gasteiger partial charge in [-0.3, -0.25) is 4.98 Å². The van der Waals surface area contributed by atoms with E-state index in [1.165, 1.54) is 24.8 Å². The molecule has 3 heteroatoms. The van der Waals surface area contributed by atoms with E-state index in [1.54, 1.807) is 6.20 Å². The Kier molecular flexibility index (Phi) is 4.95. The molecule has 2 N–H and O–H groups in total.